The topological polar surface area (TPSA) is 107 Å². The molecule has 0 aliphatic heterocycles. The summed E-state index contributed by atoms with van der Waals surface area (Å²) in [6, 6.07) is 13.6. The number of fused-ring (bicyclic) bond motifs is 2. The summed E-state index contributed by atoms with van der Waals surface area (Å²) >= 11 is 2.60. The molecule has 0 radical (unpaired) electrons. The number of hydrogen-bond acceptors (Lipinski definition) is 7. The number of hydrogen-bond donors (Lipinski definition) is 1. The van der Waals surface area contributed by atoms with Crippen molar-refractivity contribution in [3.05, 3.63) is 82.6 Å². The van der Waals surface area contributed by atoms with Crippen molar-refractivity contribution in [3.8, 4) is 6.07 Å². The zero-order valence-electron chi connectivity index (χ0n) is 23.8. The van der Waals surface area contributed by atoms with Gasteiger partial charge in [0.25, 0.3) is 0 Å². The number of carbonyl (C=O) groups is 1. The molecule has 0 atom stereocenters. The van der Waals surface area contributed by atoms with Gasteiger partial charge in [0, 0.05) is 38.0 Å². The molecule has 5 rings (SSSR count). The molecule has 0 aliphatic carbocycles. The van der Waals surface area contributed by atoms with Crippen molar-refractivity contribution < 1.29 is 14.3 Å². The van der Waals surface area contributed by atoms with E-state index in [1.54, 1.807) is 28.2 Å². The summed E-state index contributed by atoms with van der Waals surface area (Å²) in [4.78, 5) is 27.3. The van der Waals surface area contributed by atoms with Gasteiger partial charge in [-0.05, 0) is 28.2 Å². The molecule has 0 amide bonds. The first-order valence-electron chi connectivity index (χ1n) is 13.1. The van der Waals surface area contributed by atoms with Gasteiger partial charge in [0.05, 0.1) is 28.4 Å². The predicted molar refractivity (Wildman–Crippen MR) is 167 cm³/mol. The molecular formula is C31H29FN6O2S2. The van der Waals surface area contributed by atoms with E-state index in [4.69, 9.17) is 0 Å². The predicted octanol–water partition coefficient (Wildman–Crippen LogP) is 7.21. The van der Waals surface area contributed by atoms with Crippen LogP contribution in [0.15, 0.2) is 58.9 Å². The van der Waals surface area contributed by atoms with Crippen LogP contribution >= 0.6 is 23.1 Å². The number of aliphatic imine (C=N–C) groups is 1. The van der Waals surface area contributed by atoms with Crippen LogP contribution in [0.25, 0.3) is 21.1 Å². The molecule has 0 saturated heterocycles. The molecule has 8 nitrogen and oxygen atoms in total. The van der Waals surface area contributed by atoms with Crippen molar-refractivity contribution >= 4 is 61.5 Å². The van der Waals surface area contributed by atoms with Gasteiger partial charge in [0.1, 0.15) is 33.0 Å². The van der Waals surface area contributed by atoms with Crippen LogP contribution < -0.4 is 0 Å². The minimum absolute atomic E-state index is 0.0156. The molecular weight excluding hydrogens is 572 g/mol. The lowest BCUT2D eigenvalue weighted by molar-refractivity contribution is 0.0698. The Kier molecular flexibility index (Phi) is 8.03. The van der Waals surface area contributed by atoms with E-state index in [9.17, 15) is 19.6 Å². The van der Waals surface area contributed by atoms with Gasteiger partial charge in [-0.15, -0.1) is 11.3 Å². The van der Waals surface area contributed by atoms with E-state index >= 15 is 0 Å². The van der Waals surface area contributed by atoms with Crippen LogP contribution in [0.2, 0.25) is 0 Å². The number of aromatic carboxylic acids is 1. The lowest BCUT2D eigenvalue weighted by Gasteiger charge is -2.19. The third kappa shape index (κ3) is 5.73. The Labute approximate surface area is 251 Å². The maximum absolute atomic E-state index is 14.9. The maximum Gasteiger partial charge on any atom is 0.339 e. The highest BCUT2D eigenvalue weighted by molar-refractivity contribution is 7.98. The van der Waals surface area contributed by atoms with Gasteiger partial charge >= 0.3 is 5.97 Å². The number of rotatable bonds is 8. The van der Waals surface area contributed by atoms with E-state index in [2.05, 4.69) is 66.1 Å². The quantitative estimate of drug-likeness (QED) is 0.114. The third-order valence-electron chi connectivity index (χ3n) is 6.75. The number of carboxylic acids is 1. The van der Waals surface area contributed by atoms with Crippen molar-refractivity contribution in [1.29, 1.82) is 5.26 Å². The summed E-state index contributed by atoms with van der Waals surface area (Å²) in [5.41, 5.74) is 4.28. The van der Waals surface area contributed by atoms with Crippen LogP contribution in [0.5, 0.6) is 0 Å². The van der Waals surface area contributed by atoms with Crippen LogP contribution in [0.3, 0.4) is 0 Å². The summed E-state index contributed by atoms with van der Waals surface area (Å²) in [6.45, 7) is 6.70. The smallest absolute Gasteiger partial charge is 0.339 e. The van der Waals surface area contributed by atoms with Gasteiger partial charge in [-0.2, -0.15) is 5.26 Å². The second-order valence-electron chi connectivity index (χ2n) is 11.1. The first-order valence-corrected chi connectivity index (χ1v) is 14.9. The zero-order valence-corrected chi connectivity index (χ0v) is 25.5. The van der Waals surface area contributed by atoms with E-state index in [-0.39, 0.29) is 23.1 Å². The fraction of sp³-hybridized carbons (Fsp3) is 0.258. The summed E-state index contributed by atoms with van der Waals surface area (Å²) in [5.74, 6) is -0.927. The Balaban J connectivity index is 1.53. The molecule has 0 fully saturated rings. The first kappa shape index (κ1) is 29.2. The number of imidazole rings is 1. The van der Waals surface area contributed by atoms with Crippen molar-refractivity contribution in [2.45, 2.75) is 43.5 Å². The summed E-state index contributed by atoms with van der Waals surface area (Å²) in [7, 11) is 3.62. The van der Waals surface area contributed by atoms with Crippen molar-refractivity contribution in [2.24, 2.45) is 4.99 Å². The molecule has 2 aromatic carbocycles. The highest BCUT2D eigenvalue weighted by Gasteiger charge is 2.22. The molecule has 42 heavy (non-hydrogen) atoms. The van der Waals surface area contributed by atoms with Gasteiger partial charge in [-0.1, -0.05) is 62.9 Å². The largest absolute Gasteiger partial charge is 0.478 e. The number of thiophene rings is 1. The van der Waals surface area contributed by atoms with E-state index in [0.29, 0.717) is 42.5 Å². The average molecular weight is 601 g/mol. The maximum atomic E-state index is 14.9. The molecule has 11 heteroatoms. The van der Waals surface area contributed by atoms with Crippen LogP contribution in [0.1, 0.15) is 53.4 Å². The Bertz CT molecular complexity index is 1880. The number of pyridine rings is 1. The number of benzene rings is 2. The molecule has 1 N–H and O–H groups in total. The lowest BCUT2D eigenvalue weighted by Crippen LogP contribution is -2.10. The molecule has 0 saturated carbocycles. The Morgan fingerprint density at radius 1 is 1.21 bits per heavy atom. The van der Waals surface area contributed by atoms with Gasteiger partial charge < -0.3 is 14.6 Å². The minimum atomic E-state index is -1.12. The molecule has 3 heterocycles. The van der Waals surface area contributed by atoms with E-state index in [1.807, 2.05) is 14.1 Å². The number of carboxylic acid groups (broad SMARTS) is 1. The van der Waals surface area contributed by atoms with E-state index < -0.39 is 11.8 Å². The zero-order chi connectivity index (χ0) is 30.2. The van der Waals surface area contributed by atoms with E-state index in [1.165, 1.54) is 29.6 Å². The van der Waals surface area contributed by atoms with Gasteiger partial charge in [-0.25, -0.2) is 24.1 Å². The van der Waals surface area contributed by atoms with E-state index in [0.717, 1.165) is 16.9 Å². The monoisotopic (exact) mass is 600 g/mol. The summed E-state index contributed by atoms with van der Waals surface area (Å²) in [5, 5.41) is 21.5. The van der Waals surface area contributed by atoms with Crippen molar-refractivity contribution in [2.75, 3.05) is 14.1 Å². The van der Waals surface area contributed by atoms with Crippen LogP contribution in [-0.2, 0) is 17.7 Å². The molecule has 0 bridgehead atoms. The molecule has 5 aromatic rings. The number of halogens is 1. The molecule has 0 unspecified atom stereocenters. The number of nitrogens with zero attached hydrogens (tertiary/aromatic N) is 6. The first-order chi connectivity index (χ1) is 20.0. The average Bonchev–Trinajstić information content (AvgIpc) is 3.54. The number of nitriles is 1. The third-order valence-corrected chi connectivity index (χ3v) is 8.91. The Morgan fingerprint density at radius 2 is 1.95 bits per heavy atom. The standard InChI is InChI=1S/C31H29FN6O2S2/c1-31(2,3)20-9-6-18(7-10-20)15-41-29-25-26(22(13-34-29)30(39)40)38(17-35-25)14-19-8-11-23(32)27-24(19)21(12-33)28(42-27)36-16-37(4)5/h6-11,13,16-17H,14-15H2,1-5H3,(H,39,40)/b36-16+. The number of thioether (sulfide) groups is 1. The number of aromatic nitrogens is 3. The van der Waals surface area contributed by atoms with Crippen LogP contribution in [0.4, 0.5) is 9.39 Å². The fourth-order valence-corrected chi connectivity index (χ4v) is 6.56. The Hall–Kier alpha value is -4.27. The fourth-order valence-electron chi connectivity index (χ4n) is 4.61. The second kappa shape index (κ2) is 11.5. The Morgan fingerprint density at radius 3 is 2.60 bits per heavy atom. The molecule has 3 aromatic heterocycles. The SMILES string of the molecule is CN(C)/C=N/c1sc2c(F)ccc(Cn3cnc4c(SCc5ccc(C(C)(C)C)cc5)ncc(C(=O)O)c43)c2c1C#N. The van der Waals surface area contributed by atoms with Crippen LogP contribution in [-0.4, -0.2) is 50.9 Å². The van der Waals surface area contributed by atoms with Crippen molar-refractivity contribution in [3.63, 3.8) is 0 Å². The summed E-state index contributed by atoms with van der Waals surface area (Å²) < 4.78 is 16.9. The summed E-state index contributed by atoms with van der Waals surface area (Å²) in [6.07, 6.45) is 4.49. The molecule has 0 aliphatic rings. The van der Waals surface area contributed by atoms with Crippen LogP contribution in [0, 0.1) is 17.1 Å². The molecule has 0 spiro atoms. The van der Waals surface area contributed by atoms with Gasteiger partial charge in [0.2, 0.25) is 0 Å². The highest BCUT2D eigenvalue weighted by Crippen LogP contribution is 2.41. The molecule has 214 valence electrons. The minimum Gasteiger partial charge on any atom is -0.478 e. The van der Waals surface area contributed by atoms with Crippen molar-refractivity contribution in [1.82, 2.24) is 19.4 Å². The normalized spacial score (nSPS) is 11.9. The highest BCUT2D eigenvalue weighted by atomic mass is 32.2. The lowest BCUT2D eigenvalue weighted by atomic mass is 9.87. The van der Waals surface area contributed by atoms with Gasteiger partial charge in [0.15, 0.2) is 0 Å². The second-order valence-corrected chi connectivity index (χ2v) is 13.1. The van der Waals surface area contributed by atoms with Gasteiger partial charge in [-0.3, -0.25) is 0 Å².